The van der Waals surface area contributed by atoms with Crippen molar-refractivity contribution in [3.63, 3.8) is 0 Å². The zero-order valence-corrected chi connectivity index (χ0v) is 14.2. The number of hydrogen-bond donors (Lipinski definition) is 1. The fourth-order valence-electron chi connectivity index (χ4n) is 3.70. The smallest absolute Gasteiger partial charge is 0.159 e. The van der Waals surface area contributed by atoms with Crippen LogP contribution >= 0.6 is 0 Å². The molecule has 21 heavy (non-hydrogen) atoms. The van der Waals surface area contributed by atoms with Crippen molar-refractivity contribution in [1.82, 2.24) is 5.32 Å². The highest BCUT2D eigenvalue weighted by Gasteiger charge is 2.47. The van der Waals surface area contributed by atoms with Crippen molar-refractivity contribution in [2.45, 2.75) is 66.0 Å². The number of carbonyl (C=O) groups excluding carboxylic acids is 1. The highest BCUT2D eigenvalue weighted by atomic mass is 16.1. The molecule has 2 rings (SSSR count). The summed E-state index contributed by atoms with van der Waals surface area (Å²) in [6.45, 7) is 13.1. The minimum Gasteiger partial charge on any atom is -0.300 e. The van der Waals surface area contributed by atoms with Crippen LogP contribution in [0, 0.1) is 11.3 Å². The van der Waals surface area contributed by atoms with Crippen LogP contribution in [0.1, 0.15) is 71.0 Å². The normalized spacial score (nSPS) is 26.6. The fraction of sp³-hybridized carbons (Fsp3) is 0.632. The van der Waals surface area contributed by atoms with Crippen LogP contribution < -0.4 is 5.32 Å². The summed E-state index contributed by atoms with van der Waals surface area (Å²) >= 11 is 0. The third-order valence-corrected chi connectivity index (χ3v) is 4.68. The molecule has 1 aliphatic heterocycles. The molecule has 2 nitrogen and oxygen atoms in total. The molecule has 0 bridgehead atoms. The first-order valence-corrected chi connectivity index (χ1v) is 8.16. The van der Waals surface area contributed by atoms with Gasteiger partial charge in [-0.25, -0.2) is 0 Å². The lowest BCUT2D eigenvalue weighted by Gasteiger charge is -2.29. The van der Waals surface area contributed by atoms with Crippen LogP contribution in [0.5, 0.6) is 0 Å². The molecular weight excluding hydrogens is 258 g/mol. The van der Waals surface area contributed by atoms with Crippen molar-refractivity contribution in [2.24, 2.45) is 11.3 Å². The van der Waals surface area contributed by atoms with Crippen LogP contribution in [0.2, 0.25) is 0 Å². The van der Waals surface area contributed by atoms with Gasteiger partial charge in [-0.3, -0.25) is 4.79 Å². The molecule has 3 unspecified atom stereocenters. The number of hydrogen-bond acceptors (Lipinski definition) is 2. The molecule has 1 N–H and O–H groups in total. The molecule has 0 aromatic heterocycles. The molecule has 0 saturated carbocycles. The Balaban J connectivity index is 2.41. The molecule has 0 radical (unpaired) electrons. The van der Waals surface area contributed by atoms with Crippen LogP contribution in [0.4, 0.5) is 0 Å². The van der Waals surface area contributed by atoms with E-state index in [4.69, 9.17) is 0 Å². The second-order valence-corrected chi connectivity index (χ2v) is 7.64. The molecular formula is C19H29NO. The second-order valence-electron chi connectivity index (χ2n) is 7.64. The monoisotopic (exact) mass is 287 g/mol. The molecule has 1 aliphatic rings. The van der Waals surface area contributed by atoms with Crippen molar-refractivity contribution in [1.29, 1.82) is 0 Å². The molecule has 1 aromatic rings. The molecule has 0 aliphatic carbocycles. The van der Waals surface area contributed by atoms with Gasteiger partial charge in [0.1, 0.15) is 0 Å². The van der Waals surface area contributed by atoms with Crippen LogP contribution in [-0.2, 0) is 4.79 Å². The van der Waals surface area contributed by atoms with Crippen molar-refractivity contribution >= 4 is 5.78 Å². The summed E-state index contributed by atoms with van der Waals surface area (Å²) in [7, 11) is 0. The number of carbonyl (C=O) groups is 1. The van der Waals surface area contributed by atoms with Gasteiger partial charge in [-0.15, -0.1) is 0 Å². The maximum absolute atomic E-state index is 13.0. The minimum atomic E-state index is -0.141. The van der Waals surface area contributed by atoms with Crippen LogP contribution in [0.3, 0.4) is 0 Å². The third kappa shape index (κ3) is 3.06. The minimum absolute atomic E-state index is 0.00623. The topological polar surface area (TPSA) is 29.1 Å². The Labute approximate surface area is 129 Å². The predicted octanol–water partition coefficient (Wildman–Crippen LogP) is 4.46. The maximum Gasteiger partial charge on any atom is 0.159 e. The maximum atomic E-state index is 13.0. The predicted molar refractivity (Wildman–Crippen MR) is 88.4 cm³/mol. The van der Waals surface area contributed by atoms with E-state index in [2.05, 4.69) is 65.1 Å². The van der Waals surface area contributed by atoms with Gasteiger partial charge in [0.2, 0.25) is 0 Å². The highest BCUT2D eigenvalue weighted by molar-refractivity contribution is 5.91. The number of rotatable bonds is 3. The van der Waals surface area contributed by atoms with Gasteiger partial charge in [-0.1, -0.05) is 65.8 Å². The fourth-order valence-corrected chi connectivity index (χ4v) is 3.70. The Morgan fingerprint density at radius 1 is 1.19 bits per heavy atom. The van der Waals surface area contributed by atoms with Crippen LogP contribution in [-0.4, -0.2) is 11.8 Å². The van der Waals surface area contributed by atoms with E-state index in [1.807, 2.05) is 6.07 Å². The lowest BCUT2D eigenvalue weighted by atomic mass is 9.74. The number of nitrogens with one attached hydrogen (secondary N) is 1. The van der Waals surface area contributed by atoms with Gasteiger partial charge in [0.15, 0.2) is 5.78 Å². The lowest BCUT2D eigenvalue weighted by molar-refractivity contribution is -0.124. The molecule has 1 saturated heterocycles. The first-order valence-electron chi connectivity index (χ1n) is 8.16. The van der Waals surface area contributed by atoms with Gasteiger partial charge in [0, 0.05) is 12.0 Å². The molecule has 0 spiro atoms. The molecule has 1 aromatic carbocycles. The van der Waals surface area contributed by atoms with E-state index in [-0.39, 0.29) is 23.4 Å². The van der Waals surface area contributed by atoms with E-state index < -0.39 is 0 Å². The molecule has 116 valence electrons. The van der Waals surface area contributed by atoms with Crippen molar-refractivity contribution < 1.29 is 4.79 Å². The quantitative estimate of drug-likeness (QED) is 0.889. The highest BCUT2D eigenvalue weighted by Crippen LogP contribution is 2.41. The van der Waals surface area contributed by atoms with Crippen molar-refractivity contribution in [2.75, 3.05) is 0 Å². The first kappa shape index (κ1) is 16.2. The molecule has 2 heteroatoms. The summed E-state index contributed by atoms with van der Waals surface area (Å²) in [4.78, 5) is 13.0. The number of benzene rings is 1. The SMILES string of the molecule is CCC1NC(c2ccccc2C(C)C)C(=O)C1C(C)(C)C. The number of ketones is 1. The average molecular weight is 287 g/mol. The van der Waals surface area contributed by atoms with E-state index in [0.29, 0.717) is 11.7 Å². The van der Waals surface area contributed by atoms with Crippen molar-refractivity contribution in [3.05, 3.63) is 35.4 Å². The third-order valence-electron chi connectivity index (χ3n) is 4.68. The van der Waals surface area contributed by atoms with E-state index >= 15 is 0 Å². The second kappa shape index (κ2) is 5.92. The Morgan fingerprint density at radius 2 is 1.81 bits per heavy atom. The Bertz CT molecular complexity index is 513. The Kier molecular flexibility index (Phi) is 4.57. The van der Waals surface area contributed by atoms with Crippen LogP contribution in [0.15, 0.2) is 24.3 Å². The molecule has 3 atom stereocenters. The van der Waals surface area contributed by atoms with Gasteiger partial charge in [-0.05, 0) is 28.9 Å². The molecule has 1 fully saturated rings. The van der Waals surface area contributed by atoms with Crippen molar-refractivity contribution in [3.8, 4) is 0 Å². The van der Waals surface area contributed by atoms with Gasteiger partial charge in [-0.2, -0.15) is 0 Å². The Morgan fingerprint density at radius 3 is 2.29 bits per heavy atom. The standard InChI is InChI=1S/C19H29NO/c1-7-15-16(19(4,5)6)18(21)17(20-15)14-11-9-8-10-13(14)12(2)3/h8-12,15-17,20H,7H2,1-6H3. The summed E-state index contributed by atoms with van der Waals surface area (Å²) in [6.07, 6.45) is 0.994. The van der Waals surface area contributed by atoms with E-state index in [0.717, 1.165) is 6.42 Å². The molecule has 1 heterocycles. The summed E-state index contributed by atoms with van der Waals surface area (Å²) in [5, 5.41) is 3.61. The zero-order valence-electron chi connectivity index (χ0n) is 14.2. The van der Waals surface area contributed by atoms with E-state index in [1.54, 1.807) is 0 Å². The largest absolute Gasteiger partial charge is 0.300 e. The summed E-state index contributed by atoms with van der Waals surface area (Å²) < 4.78 is 0. The van der Waals surface area contributed by atoms with Gasteiger partial charge in [0.05, 0.1) is 6.04 Å². The van der Waals surface area contributed by atoms with Crippen LogP contribution in [0.25, 0.3) is 0 Å². The van der Waals surface area contributed by atoms with Gasteiger partial charge in [0.25, 0.3) is 0 Å². The summed E-state index contributed by atoms with van der Waals surface area (Å²) in [5.74, 6) is 0.889. The van der Waals surface area contributed by atoms with E-state index in [9.17, 15) is 4.79 Å². The summed E-state index contributed by atoms with van der Waals surface area (Å²) in [5.41, 5.74) is 2.46. The van der Waals surface area contributed by atoms with Gasteiger partial charge >= 0.3 is 0 Å². The zero-order chi connectivity index (χ0) is 15.8. The molecule has 0 amide bonds. The van der Waals surface area contributed by atoms with E-state index in [1.165, 1.54) is 11.1 Å². The number of Topliss-reactive ketones (excluding diaryl/α,β-unsaturated/α-hetero) is 1. The lowest BCUT2D eigenvalue weighted by Crippen LogP contribution is -2.35. The van der Waals surface area contributed by atoms with Gasteiger partial charge < -0.3 is 5.32 Å². The Hall–Kier alpha value is -1.15. The first-order chi connectivity index (χ1) is 9.77. The summed E-state index contributed by atoms with van der Waals surface area (Å²) in [6, 6.07) is 8.52. The average Bonchev–Trinajstić information content (AvgIpc) is 2.75.